The molecule has 0 aliphatic rings. The van der Waals surface area contributed by atoms with E-state index in [9.17, 15) is 9.59 Å². The Balaban J connectivity index is 2.23. The molecule has 20 heavy (non-hydrogen) atoms. The highest BCUT2D eigenvalue weighted by Crippen LogP contribution is 2.21. The summed E-state index contributed by atoms with van der Waals surface area (Å²) in [6, 6.07) is 5.74. The van der Waals surface area contributed by atoms with E-state index in [1.807, 2.05) is 30.4 Å². The summed E-state index contributed by atoms with van der Waals surface area (Å²) in [6.07, 6.45) is 5.39. The van der Waals surface area contributed by atoms with Crippen molar-refractivity contribution in [3.8, 4) is 0 Å². The number of fused-ring (bicyclic) bond motifs is 1. The van der Waals surface area contributed by atoms with Gasteiger partial charge >= 0.3 is 5.97 Å². The van der Waals surface area contributed by atoms with Crippen LogP contribution in [0.5, 0.6) is 0 Å². The number of hydrogen-bond donors (Lipinski definition) is 2. The Kier molecular flexibility index (Phi) is 4.20. The van der Waals surface area contributed by atoms with E-state index in [4.69, 9.17) is 4.74 Å². The number of benzene rings is 1. The first kappa shape index (κ1) is 13.9. The molecule has 0 unspecified atom stereocenters. The van der Waals surface area contributed by atoms with Gasteiger partial charge in [0.15, 0.2) is 0 Å². The summed E-state index contributed by atoms with van der Waals surface area (Å²) in [5, 5.41) is 3.50. The molecule has 2 N–H and O–H groups in total. The van der Waals surface area contributed by atoms with Crippen molar-refractivity contribution in [2.45, 2.75) is 6.92 Å². The first-order chi connectivity index (χ1) is 9.61. The van der Waals surface area contributed by atoms with Crippen molar-refractivity contribution in [2.75, 3.05) is 13.7 Å². The van der Waals surface area contributed by atoms with Gasteiger partial charge in [-0.05, 0) is 17.7 Å². The zero-order chi connectivity index (χ0) is 14.5. The third-order valence-corrected chi connectivity index (χ3v) is 2.89. The normalized spacial score (nSPS) is 10.9. The predicted molar refractivity (Wildman–Crippen MR) is 77.4 cm³/mol. The van der Waals surface area contributed by atoms with Gasteiger partial charge in [0.05, 0.1) is 12.7 Å². The lowest BCUT2D eigenvalue weighted by Gasteiger charge is -1.99. The SMILES string of the molecule is COC(=O)c1c[nH]c2ccc(C=CCNC(C)=O)cc12. The van der Waals surface area contributed by atoms with Crippen LogP contribution in [-0.2, 0) is 9.53 Å². The standard InChI is InChI=1S/C15H16N2O3/c1-10(18)16-7-3-4-11-5-6-14-12(8-11)13(9-17-14)15(19)20-2/h3-6,8-9,17H,7H2,1-2H3,(H,16,18). The lowest BCUT2D eigenvalue weighted by atomic mass is 10.1. The maximum Gasteiger partial charge on any atom is 0.340 e. The number of H-pyrrole nitrogens is 1. The number of nitrogens with one attached hydrogen (secondary N) is 2. The Hall–Kier alpha value is -2.56. The zero-order valence-electron chi connectivity index (χ0n) is 11.4. The fourth-order valence-corrected chi connectivity index (χ4v) is 1.92. The number of ether oxygens (including phenoxy) is 1. The minimum absolute atomic E-state index is 0.0660. The molecule has 1 amide bonds. The van der Waals surface area contributed by atoms with Gasteiger partial charge in [-0.1, -0.05) is 18.2 Å². The zero-order valence-corrected chi connectivity index (χ0v) is 11.4. The van der Waals surface area contributed by atoms with E-state index in [2.05, 4.69) is 10.3 Å². The van der Waals surface area contributed by atoms with E-state index in [1.54, 1.807) is 6.20 Å². The van der Waals surface area contributed by atoms with Crippen molar-refractivity contribution in [1.82, 2.24) is 10.3 Å². The highest BCUT2D eigenvalue weighted by molar-refractivity contribution is 6.04. The number of carbonyl (C=O) groups excluding carboxylic acids is 2. The minimum atomic E-state index is -0.365. The smallest absolute Gasteiger partial charge is 0.340 e. The number of esters is 1. The second kappa shape index (κ2) is 6.06. The molecule has 1 aromatic carbocycles. The summed E-state index contributed by atoms with van der Waals surface area (Å²) in [7, 11) is 1.36. The molecule has 0 radical (unpaired) electrons. The van der Waals surface area contributed by atoms with Crippen LogP contribution < -0.4 is 5.32 Å². The van der Waals surface area contributed by atoms with Crippen LogP contribution in [0.1, 0.15) is 22.8 Å². The van der Waals surface area contributed by atoms with Crippen LogP contribution in [0, 0.1) is 0 Å². The topological polar surface area (TPSA) is 71.2 Å². The molecular formula is C15H16N2O3. The Morgan fingerprint density at radius 3 is 2.90 bits per heavy atom. The lowest BCUT2D eigenvalue weighted by molar-refractivity contribution is -0.118. The van der Waals surface area contributed by atoms with Gasteiger partial charge in [0.1, 0.15) is 0 Å². The number of carbonyl (C=O) groups is 2. The summed E-state index contributed by atoms with van der Waals surface area (Å²) in [4.78, 5) is 25.4. The maximum absolute atomic E-state index is 11.6. The molecule has 5 nitrogen and oxygen atoms in total. The molecule has 0 bridgehead atoms. The maximum atomic E-state index is 11.6. The van der Waals surface area contributed by atoms with Crippen molar-refractivity contribution < 1.29 is 14.3 Å². The Morgan fingerprint density at radius 1 is 1.40 bits per heavy atom. The van der Waals surface area contributed by atoms with Crippen molar-refractivity contribution in [3.05, 3.63) is 41.6 Å². The average molecular weight is 272 g/mol. The van der Waals surface area contributed by atoms with Gasteiger partial charge in [0.2, 0.25) is 5.91 Å². The van der Waals surface area contributed by atoms with Gasteiger partial charge in [0, 0.05) is 30.6 Å². The average Bonchev–Trinajstić information content (AvgIpc) is 2.85. The number of aromatic amines is 1. The molecular weight excluding hydrogens is 256 g/mol. The molecule has 2 aromatic rings. The van der Waals surface area contributed by atoms with Crippen LogP contribution in [0.3, 0.4) is 0 Å². The van der Waals surface area contributed by atoms with E-state index < -0.39 is 0 Å². The molecule has 0 spiro atoms. The van der Waals surface area contributed by atoms with Crippen LogP contribution >= 0.6 is 0 Å². The van der Waals surface area contributed by atoms with Gasteiger partial charge in [-0.2, -0.15) is 0 Å². The first-order valence-corrected chi connectivity index (χ1v) is 6.22. The number of hydrogen-bond acceptors (Lipinski definition) is 3. The Labute approximate surface area is 116 Å². The van der Waals surface area contributed by atoms with Crippen LogP contribution in [0.4, 0.5) is 0 Å². The molecule has 2 rings (SSSR count). The fourth-order valence-electron chi connectivity index (χ4n) is 1.92. The van der Waals surface area contributed by atoms with Gasteiger partial charge in [0.25, 0.3) is 0 Å². The quantitative estimate of drug-likeness (QED) is 0.837. The summed E-state index contributed by atoms with van der Waals surface area (Å²) in [6.45, 7) is 1.95. The largest absolute Gasteiger partial charge is 0.465 e. The Morgan fingerprint density at radius 2 is 2.20 bits per heavy atom. The van der Waals surface area contributed by atoms with Crippen molar-refractivity contribution in [3.63, 3.8) is 0 Å². The van der Waals surface area contributed by atoms with Gasteiger partial charge in [-0.15, -0.1) is 0 Å². The molecule has 0 saturated heterocycles. The summed E-state index contributed by atoms with van der Waals surface area (Å²) in [5.41, 5.74) is 2.34. The molecule has 1 aromatic heterocycles. The third-order valence-electron chi connectivity index (χ3n) is 2.89. The molecule has 0 aliphatic carbocycles. The second-order valence-electron chi connectivity index (χ2n) is 4.34. The van der Waals surface area contributed by atoms with Crippen molar-refractivity contribution in [1.29, 1.82) is 0 Å². The van der Waals surface area contributed by atoms with Gasteiger partial charge in [-0.3, -0.25) is 4.79 Å². The van der Waals surface area contributed by atoms with Crippen molar-refractivity contribution in [2.24, 2.45) is 0 Å². The van der Waals surface area contributed by atoms with E-state index in [1.165, 1.54) is 14.0 Å². The molecule has 0 aliphatic heterocycles. The molecule has 5 heteroatoms. The molecule has 0 atom stereocenters. The van der Waals surface area contributed by atoms with E-state index >= 15 is 0 Å². The molecule has 1 heterocycles. The lowest BCUT2D eigenvalue weighted by Crippen LogP contribution is -2.19. The van der Waals surface area contributed by atoms with E-state index in [-0.39, 0.29) is 11.9 Å². The van der Waals surface area contributed by atoms with E-state index in [0.717, 1.165) is 16.5 Å². The summed E-state index contributed by atoms with van der Waals surface area (Å²) in [5.74, 6) is -0.431. The van der Waals surface area contributed by atoms with Gasteiger partial charge in [-0.25, -0.2) is 4.79 Å². The number of aromatic nitrogens is 1. The predicted octanol–water partition coefficient (Wildman–Crippen LogP) is 2.10. The summed E-state index contributed by atoms with van der Waals surface area (Å²) < 4.78 is 4.74. The van der Waals surface area contributed by atoms with E-state index in [0.29, 0.717) is 12.1 Å². The van der Waals surface area contributed by atoms with Crippen LogP contribution in [0.25, 0.3) is 17.0 Å². The van der Waals surface area contributed by atoms with Crippen LogP contribution in [0.15, 0.2) is 30.5 Å². The number of amides is 1. The Bertz CT molecular complexity index is 671. The molecule has 0 saturated carbocycles. The first-order valence-electron chi connectivity index (χ1n) is 6.22. The highest BCUT2D eigenvalue weighted by Gasteiger charge is 2.11. The minimum Gasteiger partial charge on any atom is -0.465 e. The molecule has 0 fully saturated rings. The van der Waals surface area contributed by atoms with Crippen LogP contribution in [0.2, 0.25) is 0 Å². The second-order valence-corrected chi connectivity index (χ2v) is 4.34. The highest BCUT2D eigenvalue weighted by atomic mass is 16.5. The monoisotopic (exact) mass is 272 g/mol. The van der Waals surface area contributed by atoms with Crippen molar-refractivity contribution >= 4 is 28.9 Å². The summed E-state index contributed by atoms with van der Waals surface area (Å²) >= 11 is 0. The number of methoxy groups -OCH3 is 1. The van der Waals surface area contributed by atoms with Crippen LogP contribution in [-0.4, -0.2) is 30.5 Å². The van der Waals surface area contributed by atoms with Gasteiger partial charge < -0.3 is 15.0 Å². The fraction of sp³-hybridized carbons (Fsp3) is 0.200. The molecule has 104 valence electrons. The third kappa shape index (κ3) is 3.06. The number of rotatable bonds is 4.